The van der Waals surface area contributed by atoms with Gasteiger partial charge in [-0.25, -0.2) is 4.79 Å². The van der Waals surface area contributed by atoms with Crippen molar-refractivity contribution in [1.29, 1.82) is 0 Å². The summed E-state index contributed by atoms with van der Waals surface area (Å²) in [4.78, 5) is 36.4. The standard InChI is InChI=1S/C14H15N3O6/c1-23-6-5-9(14(19)20)16-13(18)10-7-8-3-2-4-11(17(21)22)12(8)15-10/h2-4,7,9,15H,5-6H2,1H3,(H,16,18)(H,19,20). The normalized spacial score (nSPS) is 12.0. The zero-order chi connectivity index (χ0) is 17.0. The Balaban J connectivity index is 2.25. The van der Waals surface area contributed by atoms with Crippen LogP contribution in [0.15, 0.2) is 24.3 Å². The Morgan fingerprint density at radius 1 is 1.48 bits per heavy atom. The first-order valence-electron chi connectivity index (χ1n) is 6.72. The summed E-state index contributed by atoms with van der Waals surface area (Å²) in [6, 6.07) is 4.78. The molecule has 1 heterocycles. The number of nitrogens with one attached hydrogen (secondary N) is 2. The highest BCUT2D eigenvalue weighted by molar-refractivity contribution is 6.01. The summed E-state index contributed by atoms with van der Waals surface area (Å²) in [6.45, 7) is 0.176. The Bertz CT molecular complexity index is 754. The van der Waals surface area contributed by atoms with Gasteiger partial charge in [0.05, 0.1) is 4.92 Å². The number of hydrogen-bond acceptors (Lipinski definition) is 5. The summed E-state index contributed by atoms with van der Waals surface area (Å²) in [6.07, 6.45) is 0.109. The van der Waals surface area contributed by atoms with Crippen molar-refractivity contribution in [2.45, 2.75) is 12.5 Å². The van der Waals surface area contributed by atoms with Crippen LogP contribution < -0.4 is 5.32 Å². The molecule has 122 valence electrons. The number of rotatable bonds is 7. The molecule has 1 aromatic carbocycles. The van der Waals surface area contributed by atoms with E-state index in [0.29, 0.717) is 5.39 Å². The molecule has 0 aliphatic rings. The molecule has 0 aliphatic carbocycles. The van der Waals surface area contributed by atoms with Crippen LogP contribution in [0.3, 0.4) is 0 Å². The maximum Gasteiger partial charge on any atom is 0.326 e. The lowest BCUT2D eigenvalue weighted by molar-refractivity contribution is -0.383. The minimum atomic E-state index is -1.18. The molecule has 0 bridgehead atoms. The highest BCUT2D eigenvalue weighted by Gasteiger charge is 2.22. The van der Waals surface area contributed by atoms with Crippen molar-refractivity contribution in [2.75, 3.05) is 13.7 Å². The van der Waals surface area contributed by atoms with Crippen LogP contribution in [0.1, 0.15) is 16.9 Å². The lowest BCUT2D eigenvalue weighted by Crippen LogP contribution is -2.41. The van der Waals surface area contributed by atoms with E-state index in [1.165, 1.54) is 25.3 Å². The molecule has 3 N–H and O–H groups in total. The van der Waals surface area contributed by atoms with Crippen molar-refractivity contribution in [3.05, 3.63) is 40.1 Å². The highest BCUT2D eigenvalue weighted by Crippen LogP contribution is 2.25. The van der Waals surface area contributed by atoms with Gasteiger partial charge in [0.2, 0.25) is 0 Å². The summed E-state index contributed by atoms with van der Waals surface area (Å²) >= 11 is 0. The lowest BCUT2D eigenvalue weighted by atomic mass is 10.2. The van der Waals surface area contributed by atoms with E-state index < -0.39 is 22.8 Å². The maximum atomic E-state index is 12.2. The van der Waals surface area contributed by atoms with Crippen molar-refractivity contribution in [3.63, 3.8) is 0 Å². The van der Waals surface area contributed by atoms with Gasteiger partial charge in [-0.05, 0) is 6.07 Å². The first-order chi connectivity index (χ1) is 10.9. The van der Waals surface area contributed by atoms with E-state index in [0.717, 1.165) is 0 Å². The second-order valence-electron chi connectivity index (χ2n) is 4.83. The Labute approximate surface area is 130 Å². The first-order valence-corrected chi connectivity index (χ1v) is 6.72. The van der Waals surface area contributed by atoms with Gasteiger partial charge in [0.15, 0.2) is 0 Å². The van der Waals surface area contributed by atoms with E-state index >= 15 is 0 Å². The number of ether oxygens (including phenoxy) is 1. The molecule has 0 fully saturated rings. The number of non-ortho nitro benzene ring substituents is 1. The molecule has 9 heteroatoms. The molecule has 0 aliphatic heterocycles. The average Bonchev–Trinajstić information content (AvgIpc) is 2.94. The molecule has 1 aromatic heterocycles. The number of hydrogen-bond donors (Lipinski definition) is 3. The minimum absolute atomic E-state index is 0.0537. The van der Waals surface area contributed by atoms with Gasteiger partial charge in [-0.1, -0.05) is 12.1 Å². The molecule has 2 aromatic rings. The van der Waals surface area contributed by atoms with Gasteiger partial charge in [0, 0.05) is 31.6 Å². The van der Waals surface area contributed by atoms with Gasteiger partial charge in [-0.2, -0.15) is 0 Å². The molecule has 2 rings (SSSR count). The number of amides is 1. The summed E-state index contributed by atoms with van der Waals surface area (Å²) < 4.78 is 4.80. The fourth-order valence-corrected chi connectivity index (χ4v) is 2.14. The second kappa shape index (κ2) is 6.88. The van der Waals surface area contributed by atoms with E-state index in [-0.39, 0.29) is 29.9 Å². The number of para-hydroxylation sites is 1. The highest BCUT2D eigenvalue weighted by atomic mass is 16.6. The smallest absolute Gasteiger partial charge is 0.326 e. The largest absolute Gasteiger partial charge is 0.480 e. The second-order valence-corrected chi connectivity index (χ2v) is 4.83. The van der Waals surface area contributed by atoms with E-state index in [2.05, 4.69) is 10.3 Å². The number of nitrogens with zero attached hydrogens (tertiary/aromatic N) is 1. The van der Waals surface area contributed by atoms with Crippen LogP contribution >= 0.6 is 0 Å². The fraction of sp³-hybridized carbons (Fsp3) is 0.286. The topological polar surface area (TPSA) is 135 Å². The number of carboxylic acids is 1. The summed E-state index contributed by atoms with van der Waals surface area (Å²) in [5, 5.41) is 22.9. The molecular weight excluding hydrogens is 306 g/mol. The van der Waals surface area contributed by atoms with Crippen LogP contribution in [0.4, 0.5) is 5.69 Å². The van der Waals surface area contributed by atoms with Gasteiger partial charge in [-0.3, -0.25) is 14.9 Å². The van der Waals surface area contributed by atoms with E-state index in [4.69, 9.17) is 9.84 Å². The molecule has 1 unspecified atom stereocenters. The Morgan fingerprint density at radius 3 is 2.83 bits per heavy atom. The van der Waals surface area contributed by atoms with Crippen molar-refractivity contribution >= 4 is 28.5 Å². The number of aromatic amines is 1. The molecule has 1 amide bonds. The van der Waals surface area contributed by atoms with Crippen molar-refractivity contribution in [3.8, 4) is 0 Å². The SMILES string of the molecule is COCCC(NC(=O)c1cc2cccc([N+](=O)[O-])c2[nH]1)C(=O)O. The molecule has 0 radical (unpaired) electrons. The summed E-state index contributed by atoms with van der Waals surface area (Å²) in [7, 11) is 1.43. The van der Waals surface area contributed by atoms with Crippen LogP contribution in [0.2, 0.25) is 0 Å². The van der Waals surface area contributed by atoms with Crippen molar-refractivity contribution < 1.29 is 24.4 Å². The molecule has 0 saturated carbocycles. The van der Waals surface area contributed by atoms with Crippen LogP contribution in [-0.2, 0) is 9.53 Å². The van der Waals surface area contributed by atoms with E-state index in [9.17, 15) is 19.7 Å². The zero-order valence-corrected chi connectivity index (χ0v) is 12.2. The number of benzene rings is 1. The third-order valence-electron chi connectivity index (χ3n) is 3.29. The molecule has 0 spiro atoms. The predicted molar refractivity (Wildman–Crippen MR) is 80.3 cm³/mol. The summed E-state index contributed by atoms with van der Waals surface area (Å²) in [5.41, 5.74) is 0.111. The number of H-pyrrole nitrogens is 1. The molecule has 23 heavy (non-hydrogen) atoms. The predicted octanol–water partition coefficient (Wildman–Crippen LogP) is 1.30. The monoisotopic (exact) mass is 321 g/mol. The van der Waals surface area contributed by atoms with Gasteiger partial charge < -0.3 is 20.1 Å². The number of aliphatic carboxylic acids is 1. The average molecular weight is 321 g/mol. The third-order valence-corrected chi connectivity index (χ3v) is 3.29. The molecule has 1 atom stereocenters. The third kappa shape index (κ3) is 3.64. The van der Waals surface area contributed by atoms with Crippen molar-refractivity contribution in [2.24, 2.45) is 0 Å². The first kappa shape index (κ1) is 16.4. The summed E-state index contributed by atoms with van der Waals surface area (Å²) in [5.74, 6) is -1.84. The van der Waals surface area contributed by atoms with Crippen LogP contribution in [0.25, 0.3) is 10.9 Å². The van der Waals surface area contributed by atoms with Crippen LogP contribution in [0, 0.1) is 10.1 Å². The Kier molecular flexibility index (Phi) is 4.91. The number of carbonyl (C=O) groups is 2. The van der Waals surface area contributed by atoms with E-state index in [1.54, 1.807) is 6.07 Å². The van der Waals surface area contributed by atoms with E-state index in [1.807, 2.05) is 0 Å². The van der Waals surface area contributed by atoms with Crippen LogP contribution in [-0.4, -0.2) is 46.6 Å². The molecular formula is C14H15N3O6. The zero-order valence-electron chi connectivity index (χ0n) is 12.2. The fourth-order valence-electron chi connectivity index (χ4n) is 2.14. The van der Waals surface area contributed by atoms with Gasteiger partial charge in [0.25, 0.3) is 11.6 Å². The number of aromatic nitrogens is 1. The number of nitro groups is 1. The Morgan fingerprint density at radius 2 is 2.22 bits per heavy atom. The van der Waals surface area contributed by atoms with Gasteiger partial charge >= 0.3 is 5.97 Å². The van der Waals surface area contributed by atoms with Gasteiger partial charge in [-0.15, -0.1) is 0 Å². The maximum absolute atomic E-state index is 12.2. The number of methoxy groups -OCH3 is 1. The number of carboxylic acid groups (broad SMARTS) is 1. The van der Waals surface area contributed by atoms with Crippen molar-refractivity contribution in [1.82, 2.24) is 10.3 Å². The number of nitro benzene ring substituents is 1. The Hall–Kier alpha value is -2.94. The lowest BCUT2D eigenvalue weighted by Gasteiger charge is -2.13. The van der Waals surface area contributed by atoms with Gasteiger partial charge in [0.1, 0.15) is 17.3 Å². The number of carbonyl (C=O) groups excluding carboxylic acids is 1. The molecule has 0 saturated heterocycles. The van der Waals surface area contributed by atoms with Crippen LogP contribution in [0.5, 0.6) is 0 Å². The molecule has 9 nitrogen and oxygen atoms in total. The minimum Gasteiger partial charge on any atom is -0.480 e. The quantitative estimate of drug-likeness (QED) is 0.519. The number of fused-ring (bicyclic) bond motifs is 1.